The van der Waals surface area contributed by atoms with E-state index in [1.54, 1.807) is 10.8 Å². The quantitative estimate of drug-likeness (QED) is 0.697. The van der Waals surface area contributed by atoms with Crippen LogP contribution in [0.5, 0.6) is 0 Å². The Hall–Kier alpha value is -0.930. The van der Waals surface area contributed by atoms with Crippen molar-refractivity contribution >= 4 is 0 Å². The normalized spacial score (nSPS) is 12.1. The lowest BCUT2D eigenvalue weighted by molar-refractivity contribution is -0.136. The molecule has 0 spiro atoms. The predicted molar refractivity (Wildman–Crippen MR) is 49.3 cm³/mol. The molecule has 14 heavy (non-hydrogen) atoms. The summed E-state index contributed by atoms with van der Waals surface area (Å²) < 4.78 is 37.6. The molecular formula is C10H14F3N. The van der Waals surface area contributed by atoms with Crippen LogP contribution in [0, 0.1) is 20.8 Å². The Bertz CT molecular complexity index is 323. The van der Waals surface area contributed by atoms with Crippen LogP contribution in [0.15, 0.2) is 6.20 Å². The maximum Gasteiger partial charge on any atom is 0.390 e. The van der Waals surface area contributed by atoms with Crippen molar-refractivity contribution in [1.29, 1.82) is 0 Å². The SMILES string of the molecule is Cc1cn(CCC(F)(F)F)c(C)c1C. The molecule has 0 aliphatic heterocycles. The highest BCUT2D eigenvalue weighted by atomic mass is 19.4. The summed E-state index contributed by atoms with van der Waals surface area (Å²) in [5.74, 6) is 0. The van der Waals surface area contributed by atoms with Gasteiger partial charge in [0.05, 0.1) is 6.42 Å². The van der Waals surface area contributed by atoms with E-state index in [1.165, 1.54) is 0 Å². The molecule has 1 rings (SSSR count). The number of rotatable bonds is 2. The van der Waals surface area contributed by atoms with Crippen molar-refractivity contribution in [2.75, 3.05) is 0 Å². The summed E-state index contributed by atoms with van der Waals surface area (Å²) in [5.41, 5.74) is 3.04. The number of nitrogens with zero attached hydrogens (tertiary/aromatic N) is 1. The van der Waals surface area contributed by atoms with E-state index < -0.39 is 12.6 Å². The summed E-state index contributed by atoms with van der Waals surface area (Å²) in [5, 5.41) is 0. The summed E-state index contributed by atoms with van der Waals surface area (Å²) in [4.78, 5) is 0. The van der Waals surface area contributed by atoms with Gasteiger partial charge in [0.1, 0.15) is 0 Å². The fourth-order valence-electron chi connectivity index (χ4n) is 1.41. The highest BCUT2D eigenvalue weighted by Crippen LogP contribution is 2.22. The van der Waals surface area contributed by atoms with Crippen LogP contribution in [0.2, 0.25) is 0 Å². The molecule has 0 aliphatic rings. The highest BCUT2D eigenvalue weighted by Gasteiger charge is 2.26. The van der Waals surface area contributed by atoms with E-state index in [9.17, 15) is 13.2 Å². The van der Waals surface area contributed by atoms with Gasteiger partial charge >= 0.3 is 6.18 Å². The zero-order valence-electron chi connectivity index (χ0n) is 8.57. The molecule has 0 aromatic carbocycles. The van der Waals surface area contributed by atoms with E-state index in [4.69, 9.17) is 0 Å². The van der Waals surface area contributed by atoms with Crippen molar-refractivity contribution in [1.82, 2.24) is 4.57 Å². The van der Waals surface area contributed by atoms with Gasteiger partial charge in [0.25, 0.3) is 0 Å². The molecule has 0 saturated heterocycles. The standard InChI is InChI=1S/C10H14F3N/c1-7-6-14(9(3)8(7)2)5-4-10(11,12)13/h6H,4-5H2,1-3H3. The van der Waals surface area contributed by atoms with Gasteiger partial charge < -0.3 is 4.57 Å². The first kappa shape index (κ1) is 11.1. The van der Waals surface area contributed by atoms with E-state index >= 15 is 0 Å². The van der Waals surface area contributed by atoms with Crippen LogP contribution in [0.3, 0.4) is 0 Å². The number of alkyl halides is 3. The fraction of sp³-hybridized carbons (Fsp3) is 0.600. The molecule has 1 aromatic rings. The molecule has 0 aliphatic carbocycles. The average Bonchev–Trinajstić information content (AvgIpc) is 2.28. The lowest BCUT2D eigenvalue weighted by atomic mass is 10.2. The van der Waals surface area contributed by atoms with E-state index in [2.05, 4.69) is 0 Å². The van der Waals surface area contributed by atoms with E-state index in [1.807, 2.05) is 20.8 Å². The number of aryl methyl sites for hydroxylation is 2. The molecule has 4 heteroatoms. The number of hydrogen-bond donors (Lipinski definition) is 0. The van der Waals surface area contributed by atoms with Crippen molar-refractivity contribution in [3.8, 4) is 0 Å². The second kappa shape index (κ2) is 3.67. The summed E-state index contributed by atoms with van der Waals surface area (Å²) in [7, 11) is 0. The first-order valence-electron chi connectivity index (χ1n) is 4.51. The molecule has 0 unspecified atom stereocenters. The van der Waals surface area contributed by atoms with Gasteiger partial charge in [0.2, 0.25) is 0 Å². The smallest absolute Gasteiger partial charge is 0.351 e. The Morgan fingerprint density at radius 1 is 1.21 bits per heavy atom. The first-order valence-corrected chi connectivity index (χ1v) is 4.51. The zero-order valence-corrected chi connectivity index (χ0v) is 8.57. The van der Waals surface area contributed by atoms with E-state index in [0.717, 1.165) is 16.8 Å². The second-order valence-electron chi connectivity index (χ2n) is 3.58. The lowest BCUT2D eigenvalue weighted by Gasteiger charge is -2.09. The Morgan fingerprint density at radius 3 is 2.14 bits per heavy atom. The van der Waals surface area contributed by atoms with E-state index in [0.29, 0.717) is 0 Å². The van der Waals surface area contributed by atoms with Gasteiger partial charge in [-0.05, 0) is 31.9 Å². The van der Waals surface area contributed by atoms with Gasteiger partial charge in [-0.25, -0.2) is 0 Å². The van der Waals surface area contributed by atoms with Crippen LogP contribution in [0.4, 0.5) is 13.2 Å². The van der Waals surface area contributed by atoms with Crippen molar-refractivity contribution in [3.63, 3.8) is 0 Å². The second-order valence-corrected chi connectivity index (χ2v) is 3.58. The lowest BCUT2D eigenvalue weighted by Crippen LogP contribution is -2.12. The van der Waals surface area contributed by atoms with Crippen LogP contribution in [0.25, 0.3) is 0 Å². The molecule has 0 fully saturated rings. The minimum absolute atomic E-state index is 0.0179. The zero-order chi connectivity index (χ0) is 10.9. The molecule has 0 atom stereocenters. The highest BCUT2D eigenvalue weighted by molar-refractivity contribution is 5.28. The van der Waals surface area contributed by atoms with Gasteiger partial charge in [-0.15, -0.1) is 0 Å². The molecule has 0 N–H and O–H groups in total. The molecule has 1 heterocycles. The minimum Gasteiger partial charge on any atom is -0.351 e. The van der Waals surface area contributed by atoms with Crippen molar-refractivity contribution < 1.29 is 13.2 Å². The maximum absolute atomic E-state index is 12.0. The molecule has 1 aromatic heterocycles. The van der Waals surface area contributed by atoms with Crippen LogP contribution in [-0.4, -0.2) is 10.7 Å². The Morgan fingerprint density at radius 2 is 1.79 bits per heavy atom. The fourth-order valence-corrected chi connectivity index (χ4v) is 1.41. The Labute approximate surface area is 81.5 Å². The van der Waals surface area contributed by atoms with Crippen LogP contribution < -0.4 is 0 Å². The largest absolute Gasteiger partial charge is 0.390 e. The molecule has 0 saturated carbocycles. The molecule has 80 valence electrons. The van der Waals surface area contributed by atoms with Gasteiger partial charge in [-0.2, -0.15) is 13.2 Å². The third-order valence-electron chi connectivity index (χ3n) is 2.55. The minimum atomic E-state index is -4.07. The van der Waals surface area contributed by atoms with E-state index in [-0.39, 0.29) is 6.54 Å². The van der Waals surface area contributed by atoms with Gasteiger partial charge in [0, 0.05) is 18.4 Å². The third kappa shape index (κ3) is 2.53. The first-order chi connectivity index (χ1) is 6.31. The van der Waals surface area contributed by atoms with Gasteiger partial charge in [-0.1, -0.05) is 0 Å². The average molecular weight is 205 g/mol. The van der Waals surface area contributed by atoms with Crippen LogP contribution in [-0.2, 0) is 6.54 Å². The van der Waals surface area contributed by atoms with Crippen LogP contribution in [0.1, 0.15) is 23.2 Å². The summed E-state index contributed by atoms with van der Waals surface area (Å²) in [6.45, 7) is 5.70. The molecule has 0 amide bonds. The molecular weight excluding hydrogens is 191 g/mol. The predicted octanol–water partition coefficient (Wildman–Crippen LogP) is 3.37. The number of aromatic nitrogens is 1. The summed E-state index contributed by atoms with van der Waals surface area (Å²) in [6.07, 6.45) is -3.06. The summed E-state index contributed by atoms with van der Waals surface area (Å²) >= 11 is 0. The van der Waals surface area contributed by atoms with Crippen LogP contribution >= 0.6 is 0 Å². The molecule has 0 radical (unpaired) electrons. The number of halogens is 3. The Kier molecular flexibility index (Phi) is 2.92. The van der Waals surface area contributed by atoms with Gasteiger partial charge in [-0.3, -0.25) is 0 Å². The number of hydrogen-bond acceptors (Lipinski definition) is 0. The monoisotopic (exact) mass is 205 g/mol. The third-order valence-corrected chi connectivity index (χ3v) is 2.55. The maximum atomic E-state index is 12.0. The van der Waals surface area contributed by atoms with Crippen molar-refractivity contribution in [2.45, 2.75) is 39.9 Å². The summed E-state index contributed by atoms with van der Waals surface area (Å²) in [6, 6.07) is 0. The Balaban J connectivity index is 2.73. The molecule has 1 nitrogen and oxygen atoms in total. The van der Waals surface area contributed by atoms with Crippen molar-refractivity contribution in [3.05, 3.63) is 23.0 Å². The molecule has 0 bridgehead atoms. The van der Waals surface area contributed by atoms with Crippen molar-refractivity contribution in [2.24, 2.45) is 0 Å². The van der Waals surface area contributed by atoms with Gasteiger partial charge in [0.15, 0.2) is 0 Å². The topological polar surface area (TPSA) is 4.93 Å².